The fourth-order valence-electron chi connectivity index (χ4n) is 2.36. The summed E-state index contributed by atoms with van der Waals surface area (Å²) in [4.78, 5) is 24.2. The Balaban J connectivity index is 1.92. The van der Waals surface area contributed by atoms with E-state index >= 15 is 0 Å². The number of phenols is 4. The van der Waals surface area contributed by atoms with Crippen molar-refractivity contribution in [1.29, 1.82) is 0 Å². The number of nitrogens with one attached hydrogen (secondary N) is 2. The van der Waals surface area contributed by atoms with E-state index in [9.17, 15) is 35.1 Å². The number of aliphatic hydroxyl groups is 1. The Morgan fingerprint density at radius 1 is 0.852 bits per heavy atom. The molecule has 2 amide bonds. The van der Waals surface area contributed by atoms with E-state index in [0.29, 0.717) is 0 Å². The third kappa shape index (κ3) is 4.79. The van der Waals surface area contributed by atoms with Crippen molar-refractivity contribution in [3.8, 4) is 23.0 Å². The van der Waals surface area contributed by atoms with Gasteiger partial charge in [0.2, 0.25) is 0 Å². The standard InChI is InChI=1S/C18H20N2O7/c21-9-10(20-18(27)12-4-2-6-14(23)16(12)25)7-8-19-17(26)11-3-1-5-13(22)15(11)24/h1-6,10,21-25H,7-9H2,(H,19,26)(H,20,27)/t10-/m1/s1. The van der Waals surface area contributed by atoms with E-state index in [0.717, 1.165) is 0 Å². The van der Waals surface area contributed by atoms with E-state index in [1.165, 1.54) is 36.4 Å². The highest BCUT2D eigenvalue weighted by Gasteiger charge is 2.18. The third-order valence-electron chi connectivity index (χ3n) is 3.85. The second kappa shape index (κ2) is 8.77. The molecule has 9 nitrogen and oxygen atoms in total. The number of benzene rings is 2. The van der Waals surface area contributed by atoms with E-state index in [4.69, 9.17) is 0 Å². The van der Waals surface area contributed by atoms with E-state index < -0.39 is 47.5 Å². The van der Waals surface area contributed by atoms with E-state index in [1.54, 1.807) is 0 Å². The molecule has 0 fully saturated rings. The molecule has 0 heterocycles. The van der Waals surface area contributed by atoms with Crippen LogP contribution >= 0.6 is 0 Å². The highest BCUT2D eigenvalue weighted by atomic mass is 16.3. The Labute approximate surface area is 154 Å². The number of hydrogen-bond donors (Lipinski definition) is 7. The summed E-state index contributed by atoms with van der Waals surface area (Å²) in [6, 6.07) is 7.17. The molecule has 0 bridgehead atoms. The Bertz CT molecular complexity index is 838. The molecule has 1 atom stereocenters. The van der Waals surface area contributed by atoms with E-state index in [-0.39, 0.29) is 24.1 Å². The van der Waals surface area contributed by atoms with Crippen LogP contribution in [0.3, 0.4) is 0 Å². The van der Waals surface area contributed by atoms with Crippen molar-refractivity contribution in [2.24, 2.45) is 0 Å². The summed E-state index contributed by atoms with van der Waals surface area (Å²) in [6.45, 7) is -0.357. The molecule has 2 rings (SSSR count). The Hall–Kier alpha value is -3.46. The first-order valence-corrected chi connectivity index (χ1v) is 8.07. The topological polar surface area (TPSA) is 159 Å². The maximum absolute atomic E-state index is 12.1. The minimum absolute atomic E-state index is 0.0610. The third-order valence-corrected chi connectivity index (χ3v) is 3.85. The molecule has 2 aromatic carbocycles. The normalized spacial score (nSPS) is 11.6. The number of carbonyl (C=O) groups excluding carboxylic acids is 2. The molecular formula is C18H20N2O7. The minimum Gasteiger partial charge on any atom is -0.504 e. The van der Waals surface area contributed by atoms with Crippen LogP contribution in [0.2, 0.25) is 0 Å². The summed E-state index contributed by atoms with van der Waals surface area (Å²) in [7, 11) is 0. The van der Waals surface area contributed by atoms with Crippen LogP contribution in [0.4, 0.5) is 0 Å². The van der Waals surface area contributed by atoms with Gasteiger partial charge in [-0.15, -0.1) is 0 Å². The average molecular weight is 376 g/mol. The van der Waals surface area contributed by atoms with Crippen molar-refractivity contribution < 1.29 is 35.1 Å². The Kier molecular flexibility index (Phi) is 6.45. The quantitative estimate of drug-likeness (QED) is 0.345. The van der Waals surface area contributed by atoms with Gasteiger partial charge in [0.15, 0.2) is 23.0 Å². The zero-order valence-electron chi connectivity index (χ0n) is 14.2. The second-order valence-corrected chi connectivity index (χ2v) is 5.74. The van der Waals surface area contributed by atoms with Gasteiger partial charge in [0.1, 0.15) is 0 Å². The molecule has 7 N–H and O–H groups in total. The lowest BCUT2D eigenvalue weighted by Crippen LogP contribution is -2.40. The first-order chi connectivity index (χ1) is 12.8. The smallest absolute Gasteiger partial charge is 0.255 e. The fourth-order valence-corrected chi connectivity index (χ4v) is 2.36. The van der Waals surface area contributed by atoms with Gasteiger partial charge in [0.05, 0.1) is 23.8 Å². The summed E-state index contributed by atoms with van der Waals surface area (Å²) in [5, 5.41) is 52.6. The minimum atomic E-state index is -0.725. The number of para-hydroxylation sites is 2. The van der Waals surface area contributed by atoms with Gasteiger partial charge >= 0.3 is 0 Å². The number of aromatic hydroxyl groups is 4. The summed E-state index contributed by atoms with van der Waals surface area (Å²) < 4.78 is 0. The van der Waals surface area contributed by atoms with Gasteiger partial charge in [-0.2, -0.15) is 0 Å². The molecule has 0 saturated carbocycles. The van der Waals surface area contributed by atoms with Crippen LogP contribution < -0.4 is 10.6 Å². The monoisotopic (exact) mass is 376 g/mol. The molecule has 0 unspecified atom stereocenters. The number of aliphatic hydroxyl groups excluding tert-OH is 1. The van der Waals surface area contributed by atoms with Crippen LogP contribution in [0, 0.1) is 0 Å². The Morgan fingerprint density at radius 3 is 1.89 bits per heavy atom. The molecule has 0 saturated heterocycles. The zero-order valence-corrected chi connectivity index (χ0v) is 14.2. The molecule has 0 aromatic heterocycles. The predicted octanol–water partition coefficient (Wildman–Crippen LogP) is 0.420. The first-order valence-electron chi connectivity index (χ1n) is 8.07. The molecule has 144 valence electrons. The van der Waals surface area contributed by atoms with E-state index in [1.807, 2.05) is 0 Å². The summed E-state index contributed by atoms with van der Waals surface area (Å²) >= 11 is 0. The van der Waals surface area contributed by atoms with Crippen molar-refractivity contribution >= 4 is 11.8 Å². The number of phenolic OH excluding ortho intramolecular Hbond substituents is 4. The summed E-state index contributed by atoms with van der Waals surface area (Å²) in [5.41, 5.74) is -0.258. The predicted molar refractivity (Wildman–Crippen MR) is 94.8 cm³/mol. The van der Waals surface area contributed by atoms with Crippen molar-refractivity contribution in [3.63, 3.8) is 0 Å². The molecule has 27 heavy (non-hydrogen) atoms. The second-order valence-electron chi connectivity index (χ2n) is 5.74. The van der Waals surface area contributed by atoms with Crippen LogP contribution in [0.15, 0.2) is 36.4 Å². The number of amides is 2. The van der Waals surface area contributed by atoms with Gasteiger partial charge in [-0.1, -0.05) is 12.1 Å². The largest absolute Gasteiger partial charge is 0.504 e. The van der Waals surface area contributed by atoms with Gasteiger partial charge in [-0.25, -0.2) is 0 Å². The zero-order chi connectivity index (χ0) is 20.0. The van der Waals surface area contributed by atoms with Crippen LogP contribution in [-0.2, 0) is 0 Å². The van der Waals surface area contributed by atoms with Gasteiger partial charge in [-0.05, 0) is 30.7 Å². The molecule has 0 aliphatic rings. The lowest BCUT2D eigenvalue weighted by atomic mass is 10.1. The van der Waals surface area contributed by atoms with Crippen molar-refractivity contribution in [1.82, 2.24) is 10.6 Å². The van der Waals surface area contributed by atoms with Crippen molar-refractivity contribution in [2.75, 3.05) is 13.2 Å². The van der Waals surface area contributed by atoms with Gasteiger partial charge in [0.25, 0.3) is 11.8 Å². The lowest BCUT2D eigenvalue weighted by molar-refractivity contribution is 0.0907. The SMILES string of the molecule is O=C(NCC[C@H](CO)NC(=O)c1cccc(O)c1O)c1cccc(O)c1O. The van der Waals surface area contributed by atoms with Gasteiger partial charge in [0, 0.05) is 6.54 Å². The first kappa shape index (κ1) is 19.9. The molecule has 9 heteroatoms. The lowest BCUT2D eigenvalue weighted by Gasteiger charge is -2.17. The van der Waals surface area contributed by atoms with Crippen LogP contribution in [0.5, 0.6) is 23.0 Å². The highest BCUT2D eigenvalue weighted by Crippen LogP contribution is 2.28. The van der Waals surface area contributed by atoms with Crippen molar-refractivity contribution in [2.45, 2.75) is 12.5 Å². The molecule has 0 aliphatic heterocycles. The van der Waals surface area contributed by atoms with Gasteiger partial charge in [-0.3, -0.25) is 9.59 Å². The average Bonchev–Trinajstić information content (AvgIpc) is 2.65. The van der Waals surface area contributed by atoms with Crippen molar-refractivity contribution in [3.05, 3.63) is 47.5 Å². The molecule has 0 spiro atoms. The van der Waals surface area contributed by atoms with E-state index in [2.05, 4.69) is 10.6 Å². The van der Waals surface area contributed by atoms with Gasteiger partial charge < -0.3 is 36.2 Å². The Morgan fingerprint density at radius 2 is 1.37 bits per heavy atom. The molecule has 0 aliphatic carbocycles. The number of carbonyl (C=O) groups is 2. The van der Waals surface area contributed by atoms with Crippen LogP contribution in [0.1, 0.15) is 27.1 Å². The summed E-state index contributed by atoms with van der Waals surface area (Å²) in [5.74, 6) is -3.30. The molecule has 2 aromatic rings. The van der Waals surface area contributed by atoms with Crippen LogP contribution in [0.25, 0.3) is 0 Å². The number of rotatable bonds is 7. The molecule has 0 radical (unpaired) electrons. The number of hydrogen-bond acceptors (Lipinski definition) is 7. The fraction of sp³-hybridized carbons (Fsp3) is 0.222. The highest BCUT2D eigenvalue weighted by molar-refractivity contribution is 5.98. The molecular weight excluding hydrogens is 356 g/mol. The maximum atomic E-state index is 12.1. The van der Waals surface area contributed by atoms with Crippen LogP contribution in [-0.4, -0.2) is 56.5 Å². The summed E-state index contributed by atoms with van der Waals surface area (Å²) in [6.07, 6.45) is 0.160. The maximum Gasteiger partial charge on any atom is 0.255 e.